The summed E-state index contributed by atoms with van der Waals surface area (Å²) >= 11 is 1.39. The van der Waals surface area contributed by atoms with Gasteiger partial charge in [0, 0.05) is 18.3 Å². The number of ether oxygens (including phenoxy) is 1. The second kappa shape index (κ2) is 8.68. The number of aryl methyl sites for hydroxylation is 1. The number of hydrogen-bond donors (Lipinski definition) is 1. The summed E-state index contributed by atoms with van der Waals surface area (Å²) in [5, 5.41) is 3.51. The standard InChI is InChI=1S/C19H20N4O3S/c1-4-25-18-13(7-5-9-20-18)11-21-17(24)15-12(2)22-16(23-19(15)27-3)14-8-6-10-26-14/h5-10H,4,11H2,1-3H3,(H,21,24). The van der Waals surface area contributed by atoms with Crippen LogP contribution < -0.4 is 10.1 Å². The van der Waals surface area contributed by atoms with E-state index in [4.69, 9.17) is 9.15 Å². The molecule has 3 aromatic heterocycles. The summed E-state index contributed by atoms with van der Waals surface area (Å²) in [6.45, 7) is 4.49. The van der Waals surface area contributed by atoms with Crippen LogP contribution in [-0.4, -0.2) is 33.7 Å². The van der Waals surface area contributed by atoms with E-state index in [1.54, 1.807) is 31.5 Å². The summed E-state index contributed by atoms with van der Waals surface area (Å²) in [5.41, 5.74) is 1.86. The maximum Gasteiger partial charge on any atom is 0.256 e. The van der Waals surface area contributed by atoms with Crippen LogP contribution in [0.2, 0.25) is 0 Å². The van der Waals surface area contributed by atoms with Gasteiger partial charge in [-0.15, -0.1) is 11.8 Å². The van der Waals surface area contributed by atoms with Gasteiger partial charge >= 0.3 is 0 Å². The molecule has 140 valence electrons. The minimum absolute atomic E-state index is 0.242. The summed E-state index contributed by atoms with van der Waals surface area (Å²) in [6.07, 6.45) is 5.10. The molecule has 0 fully saturated rings. The number of rotatable bonds is 7. The van der Waals surface area contributed by atoms with Crippen LogP contribution in [0, 0.1) is 6.92 Å². The van der Waals surface area contributed by atoms with Gasteiger partial charge in [-0.2, -0.15) is 0 Å². The van der Waals surface area contributed by atoms with E-state index in [1.165, 1.54) is 11.8 Å². The van der Waals surface area contributed by atoms with Crippen LogP contribution in [0.4, 0.5) is 0 Å². The molecule has 3 heterocycles. The van der Waals surface area contributed by atoms with Gasteiger partial charge in [0.15, 0.2) is 11.6 Å². The molecule has 1 amide bonds. The Bertz CT molecular complexity index is 929. The maximum atomic E-state index is 12.8. The first kappa shape index (κ1) is 18.9. The third kappa shape index (κ3) is 4.28. The molecular formula is C19H20N4O3S. The van der Waals surface area contributed by atoms with Crippen LogP contribution in [0.3, 0.4) is 0 Å². The SMILES string of the molecule is CCOc1ncccc1CNC(=O)c1c(C)nc(-c2ccco2)nc1SC. The van der Waals surface area contributed by atoms with Crippen molar-refractivity contribution < 1.29 is 13.9 Å². The van der Waals surface area contributed by atoms with Crippen molar-refractivity contribution in [2.75, 3.05) is 12.9 Å². The molecule has 0 spiro atoms. The zero-order valence-corrected chi connectivity index (χ0v) is 16.2. The van der Waals surface area contributed by atoms with Crippen molar-refractivity contribution in [2.45, 2.75) is 25.4 Å². The van der Waals surface area contributed by atoms with Crippen LogP contribution >= 0.6 is 11.8 Å². The smallest absolute Gasteiger partial charge is 0.256 e. The number of amides is 1. The Hall–Kier alpha value is -2.87. The molecule has 0 aliphatic carbocycles. The third-order valence-corrected chi connectivity index (χ3v) is 4.47. The number of aromatic nitrogens is 3. The molecule has 0 radical (unpaired) electrons. The van der Waals surface area contributed by atoms with Gasteiger partial charge in [-0.25, -0.2) is 15.0 Å². The summed E-state index contributed by atoms with van der Waals surface area (Å²) in [7, 11) is 0. The summed E-state index contributed by atoms with van der Waals surface area (Å²) in [5.74, 6) is 1.31. The molecule has 0 atom stereocenters. The van der Waals surface area contributed by atoms with E-state index in [9.17, 15) is 4.79 Å². The zero-order chi connectivity index (χ0) is 19.2. The number of hydrogen-bond acceptors (Lipinski definition) is 7. The molecule has 7 nitrogen and oxygen atoms in total. The van der Waals surface area contributed by atoms with Crippen LogP contribution in [0.15, 0.2) is 46.2 Å². The Morgan fingerprint density at radius 2 is 2.15 bits per heavy atom. The van der Waals surface area contributed by atoms with Gasteiger partial charge in [0.05, 0.1) is 24.1 Å². The van der Waals surface area contributed by atoms with E-state index in [0.717, 1.165) is 5.56 Å². The van der Waals surface area contributed by atoms with Gasteiger partial charge in [0.2, 0.25) is 5.88 Å². The minimum atomic E-state index is -0.242. The predicted octanol–water partition coefficient (Wildman–Crippen LogP) is 3.49. The van der Waals surface area contributed by atoms with Gasteiger partial charge in [-0.1, -0.05) is 6.07 Å². The van der Waals surface area contributed by atoms with Crippen molar-refractivity contribution in [3.05, 3.63) is 53.5 Å². The summed E-state index contributed by atoms with van der Waals surface area (Å²) in [6, 6.07) is 7.24. The number of carbonyl (C=O) groups is 1. The monoisotopic (exact) mass is 384 g/mol. The highest BCUT2D eigenvalue weighted by molar-refractivity contribution is 7.98. The van der Waals surface area contributed by atoms with Crippen LogP contribution in [0.1, 0.15) is 28.5 Å². The van der Waals surface area contributed by atoms with E-state index in [0.29, 0.717) is 46.9 Å². The maximum absolute atomic E-state index is 12.8. The van der Waals surface area contributed by atoms with Crippen molar-refractivity contribution >= 4 is 17.7 Å². The normalized spacial score (nSPS) is 10.6. The first-order valence-electron chi connectivity index (χ1n) is 8.45. The molecule has 3 aromatic rings. The van der Waals surface area contributed by atoms with Gasteiger partial charge < -0.3 is 14.5 Å². The van der Waals surface area contributed by atoms with Gasteiger partial charge in [0.1, 0.15) is 5.03 Å². The van der Waals surface area contributed by atoms with E-state index >= 15 is 0 Å². The molecule has 8 heteroatoms. The lowest BCUT2D eigenvalue weighted by Gasteiger charge is -2.13. The van der Waals surface area contributed by atoms with Gasteiger partial charge in [-0.3, -0.25) is 4.79 Å². The van der Waals surface area contributed by atoms with E-state index < -0.39 is 0 Å². The lowest BCUT2D eigenvalue weighted by Crippen LogP contribution is -2.25. The average molecular weight is 384 g/mol. The molecule has 0 aliphatic rings. The Balaban J connectivity index is 1.83. The highest BCUT2D eigenvalue weighted by atomic mass is 32.2. The molecule has 3 rings (SSSR count). The number of furan rings is 1. The molecular weight excluding hydrogens is 364 g/mol. The van der Waals surface area contributed by atoms with Crippen LogP contribution in [0.5, 0.6) is 5.88 Å². The van der Waals surface area contributed by atoms with Crippen molar-refractivity contribution in [3.8, 4) is 17.5 Å². The summed E-state index contributed by atoms with van der Waals surface area (Å²) in [4.78, 5) is 25.9. The quantitative estimate of drug-likeness (QED) is 0.492. The molecule has 0 saturated carbocycles. The number of pyridine rings is 1. The van der Waals surface area contributed by atoms with Crippen LogP contribution in [0.25, 0.3) is 11.6 Å². The summed E-state index contributed by atoms with van der Waals surface area (Å²) < 4.78 is 10.9. The van der Waals surface area contributed by atoms with Gasteiger partial charge in [-0.05, 0) is 38.3 Å². The van der Waals surface area contributed by atoms with E-state index in [2.05, 4.69) is 20.3 Å². The second-order valence-corrected chi connectivity index (χ2v) is 6.37. The Morgan fingerprint density at radius 1 is 1.30 bits per heavy atom. The predicted molar refractivity (Wildman–Crippen MR) is 103 cm³/mol. The number of thioether (sulfide) groups is 1. The number of carbonyl (C=O) groups excluding carboxylic acids is 1. The number of nitrogens with one attached hydrogen (secondary N) is 1. The highest BCUT2D eigenvalue weighted by Crippen LogP contribution is 2.25. The fraction of sp³-hybridized carbons (Fsp3) is 0.263. The third-order valence-electron chi connectivity index (χ3n) is 3.79. The highest BCUT2D eigenvalue weighted by Gasteiger charge is 2.20. The lowest BCUT2D eigenvalue weighted by atomic mass is 10.2. The van der Waals surface area contributed by atoms with E-state index in [1.807, 2.05) is 25.3 Å². The van der Waals surface area contributed by atoms with Crippen molar-refractivity contribution in [2.24, 2.45) is 0 Å². The molecule has 0 unspecified atom stereocenters. The lowest BCUT2D eigenvalue weighted by molar-refractivity contribution is 0.0945. The first-order chi connectivity index (χ1) is 13.1. The van der Waals surface area contributed by atoms with Gasteiger partial charge in [0.25, 0.3) is 5.91 Å². The fourth-order valence-corrected chi connectivity index (χ4v) is 3.18. The first-order valence-corrected chi connectivity index (χ1v) is 9.67. The van der Waals surface area contributed by atoms with Crippen molar-refractivity contribution in [1.82, 2.24) is 20.3 Å². The topological polar surface area (TPSA) is 90.1 Å². The number of nitrogens with zero attached hydrogens (tertiary/aromatic N) is 3. The van der Waals surface area contributed by atoms with Crippen molar-refractivity contribution in [1.29, 1.82) is 0 Å². The Labute approximate surface area is 161 Å². The fourth-order valence-electron chi connectivity index (χ4n) is 2.56. The second-order valence-electron chi connectivity index (χ2n) is 5.58. The molecule has 0 saturated heterocycles. The van der Waals surface area contributed by atoms with Crippen LogP contribution in [-0.2, 0) is 6.54 Å². The zero-order valence-electron chi connectivity index (χ0n) is 15.4. The molecule has 0 aliphatic heterocycles. The van der Waals surface area contributed by atoms with E-state index in [-0.39, 0.29) is 5.91 Å². The van der Waals surface area contributed by atoms with Crippen molar-refractivity contribution in [3.63, 3.8) is 0 Å². The Morgan fingerprint density at radius 3 is 2.85 bits per heavy atom. The average Bonchev–Trinajstić information content (AvgIpc) is 3.21. The largest absolute Gasteiger partial charge is 0.478 e. The minimum Gasteiger partial charge on any atom is -0.478 e. The molecule has 0 aromatic carbocycles. The molecule has 1 N–H and O–H groups in total. The molecule has 27 heavy (non-hydrogen) atoms. The molecule has 0 bridgehead atoms. The Kier molecular flexibility index (Phi) is 6.08.